The van der Waals surface area contributed by atoms with E-state index < -0.39 is 5.60 Å². The Labute approximate surface area is 139 Å². The van der Waals surface area contributed by atoms with E-state index in [1.54, 1.807) is 11.1 Å². The minimum atomic E-state index is -0.454. The molecule has 1 amide bonds. The van der Waals surface area contributed by atoms with E-state index in [4.69, 9.17) is 9.47 Å². The number of pyridine rings is 1. The van der Waals surface area contributed by atoms with Gasteiger partial charge in [-0.15, -0.1) is 0 Å². The van der Waals surface area contributed by atoms with E-state index in [0.29, 0.717) is 19.7 Å². The number of carbonyl (C=O) groups is 1. The molecule has 128 valence electrons. The summed E-state index contributed by atoms with van der Waals surface area (Å²) in [4.78, 5) is 18.2. The van der Waals surface area contributed by atoms with E-state index in [9.17, 15) is 4.79 Å². The third-order valence-electron chi connectivity index (χ3n) is 4.15. The number of likely N-dealkylation sites (tertiary alicyclic amines) is 1. The Bertz CT molecular complexity index is 543. The van der Waals surface area contributed by atoms with Gasteiger partial charge in [-0.25, -0.2) is 4.79 Å². The molecule has 1 aliphatic rings. The first-order chi connectivity index (χ1) is 10.7. The molecule has 2 rings (SSSR count). The predicted octanol–water partition coefficient (Wildman–Crippen LogP) is 3.70. The molecule has 0 aliphatic carbocycles. The number of piperidine rings is 1. The topological polar surface area (TPSA) is 51.7 Å². The molecular formula is C18H28N2O3. The highest BCUT2D eigenvalue weighted by Crippen LogP contribution is 2.28. The molecule has 5 nitrogen and oxygen atoms in total. The highest BCUT2D eigenvalue weighted by Gasteiger charge is 2.34. The van der Waals surface area contributed by atoms with Crippen LogP contribution in [-0.4, -0.2) is 40.3 Å². The fourth-order valence-electron chi connectivity index (χ4n) is 2.55. The third kappa shape index (κ3) is 5.20. The Hall–Kier alpha value is -1.62. The first-order valence-corrected chi connectivity index (χ1v) is 8.21. The van der Waals surface area contributed by atoms with E-state index in [-0.39, 0.29) is 11.7 Å². The molecular weight excluding hydrogens is 292 g/mol. The van der Waals surface area contributed by atoms with Crippen molar-refractivity contribution in [2.75, 3.05) is 13.1 Å². The Kier molecular flexibility index (Phi) is 5.30. The van der Waals surface area contributed by atoms with Crippen LogP contribution in [0.1, 0.15) is 51.8 Å². The van der Waals surface area contributed by atoms with E-state index in [0.717, 1.165) is 24.1 Å². The molecule has 2 heterocycles. The lowest BCUT2D eigenvalue weighted by Crippen LogP contribution is -2.47. The zero-order chi connectivity index (χ0) is 17.1. The van der Waals surface area contributed by atoms with Crippen LogP contribution < -0.4 is 0 Å². The molecule has 0 spiro atoms. The van der Waals surface area contributed by atoms with Gasteiger partial charge in [-0.2, -0.15) is 0 Å². The van der Waals surface area contributed by atoms with Gasteiger partial charge in [0, 0.05) is 19.3 Å². The lowest BCUT2D eigenvalue weighted by Gasteiger charge is -2.39. The molecule has 1 aliphatic heterocycles. The second kappa shape index (κ2) is 6.87. The number of hydrogen-bond acceptors (Lipinski definition) is 4. The van der Waals surface area contributed by atoms with Crippen molar-refractivity contribution in [1.29, 1.82) is 0 Å². The monoisotopic (exact) mass is 320 g/mol. The number of aromatic nitrogens is 1. The number of ether oxygens (including phenoxy) is 2. The van der Waals surface area contributed by atoms with Crippen LogP contribution in [0.4, 0.5) is 4.79 Å². The van der Waals surface area contributed by atoms with Crippen molar-refractivity contribution < 1.29 is 14.3 Å². The van der Waals surface area contributed by atoms with Gasteiger partial charge in [-0.1, -0.05) is 6.07 Å². The van der Waals surface area contributed by atoms with Crippen LogP contribution in [0, 0.1) is 6.92 Å². The number of aryl methyl sites for hydroxylation is 1. The van der Waals surface area contributed by atoms with E-state index >= 15 is 0 Å². The van der Waals surface area contributed by atoms with Crippen molar-refractivity contribution in [2.45, 2.75) is 65.3 Å². The largest absolute Gasteiger partial charge is 0.444 e. The SMILES string of the molecule is Cc1cccnc1COC1(C)CCN(C(=O)OC(C)(C)C)CC1. The Balaban J connectivity index is 1.85. The summed E-state index contributed by atoms with van der Waals surface area (Å²) in [5.74, 6) is 0. The second-order valence-electron chi connectivity index (χ2n) is 7.47. The van der Waals surface area contributed by atoms with E-state index in [1.807, 2.05) is 39.8 Å². The summed E-state index contributed by atoms with van der Waals surface area (Å²) >= 11 is 0. The summed E-state index contributed by atoms with van der Waals surface area (Å²) in [5.41, 5.74) is 1.44. The number of amides is 1. The molecule has 0 saturated carbocycles. The molecule has 1 aromatic rings. The summed E-state index contributed by atoms with van der Waals surface area (Å²) < 4.78 is 11.6. The Morgan fingerprint density at radius 3 is 2.57 bits per heavy atom. The molecule has 0 radical (unpaired) electrons. The first kappa shape index (κ1) is 17.7. The fourth-order valence-corrected chi connectivity index (χ4v) is 2.55. The molecule has 1 saturated heterocycles. The summed E-state index contributed by atoms with van der Waals surface area (Å²) in [6.07, 6.45) is 3.16. The molecule has 0 aromatic carbocycles. The summed E-state index contributed by atoms with van der Waals surface area (Å²) in [6.45, 7) is 11.6. The number of nitrogens with zero attached hydrogens (tertiary/aromatic N) is 2. The zero-order valence-electron chi connectivity index (χ0n) is 14.9. The van der Waals surface area contributed by atoms with Crippen LogP contribution in [0.25, 0.3) is 0 Å². The van der Waals surface area contributed by atoms with Crippen molar-refractivity contribution in [3.05, 3.63) is 29.6 Å². The number of carbonyl (C=O) groups excluding carboxylic acids is 1. The molecule has 0 unspecified atom stereocenters. The van der Waals surface area contributed by atoms with Gasteiger partial charge in [-0.05, 0) is 59.1 Å². The predicted molar refractivity (Wildman–Crippen MR) is 89.2 cm³/mol. The maximum atomic E-state index is 12.1. The highest BCUT2D eigenvalue weighted by atomic mass is 16.6. The van der Waals surface area contributed by atoms with Gasteiger partial charge in [0.25, 0.3) is 0 Å². The van der Waals surface area contributed by atoms with Crippen molar-refractivity contribution >= 4 is 6.09 Å². The third-order valence-corrected chi connectivity index (χ3v) is 4.15. The Morgan fingerprint density at radius 1 is 1.35 bits per heavy atom. The van der Waals surface area contributed by atoms with Gasteiger partial charge in [0.05, 0.1) is 17.9 Å². The van der Waals surface area contributed by atoms with E-state index in [2.05, 4.69) is 11.9 Å². The van der Waals surface area contributed by atoms with Crippen LogP contribution in [0.3, 0.4) is 0 Å². The van der Waals surface area contributed by atoms with Crippen LogP contribution in [0.15, 0.2) is 18.3 Å². The lowest BCUT2D eigenvalue weighted by molar-refractivity contribution is -0.0822. The van der Waals surface area contributed by atoms with Crippen LogP contribution in [-0.2, 0) is 16.1 Å². The van der Waals surface area contributed by atoms with E-state index in [1.165, 1.54) is 0 Å². The maximum absolute atomic E-state index is 12.1. The average molecular weight is 320 g/mol. The Morgan fingerprint density at radius 2 is 2.00 bits per heavy atom. The second-order valence-corrected chi connectivity index (χ2v) is 7.47. The highest BCUT2D eigenvalue weighted by molar-refractivity contribution is 5.68. The summed E-state index contributed by atoms with van der Waals surface area (Å²) in [7, 11) is 0. The fraction of sp³-hybridized carbons (Fsp3) is 0.667. The van der Waals surface area contributed by atoms with Crippen molar-refractivity contribution in [3.8, 4) is 0 Å². The minimum absolute atomic E-state index is 0.220. The molecule has 5 heteroatoms. The molecule has 0 bridgehead atoms. The summed E-state index contributed by atoms with van der Waals surface area (Å²) in [6, 6.07) is 3.97. The average Bonchev–Trinajstić information content (AvgIpc) is 2.45. The smallest absolute Gasteiger partial charge is 0.410 e. The lowest BCUT2D eigenvalue weighted by atomic mass is 9.93. The summed E-state index contributed by atoms with van der Waals surface area (Å²) in [5, 5.41) is 0. The molecule has 0 atom stereocenters. The molecule has 0 N–H and O–H groups in total. The minimum Gasteiger partial charge on any atom is -0.444 e. The quantitative estimate of drug-likeness (QED) is 0.852. The van der Waals surface area contributed by atoms with Crippen LogP contribution >= 0.6 is 0 Å². The number of rotatable bonds is 3. The van der Waals surface area contributed by atoms with Gasteiger partial charge in [0.2, 0.25) is 0 Å². The van der Waals surface area contributed by atoms with Crippen LogP contribution in [0.2, 0.25) is 0 Å². The standard InChI is InChI=1S/C18H28N2O3/c1-14-7-6-10-19-15(14)13-22-18(5)8-11-20(12-9-18)16(21)23-17(2,3)4/h6-7,10H,8-9,11-13H2,1-5H3. The number of hydrogen-bond donors (Lipinski definition) is 0. The van der Waals surface area contributed by atoms with Gasteiger partial charge < -0.3 is 14.4 Å². The van der Waals surface area contributed by atoms with Crippen molar-refractivity contribution in [1.82, 2.24) is 9.88 Å². The molecule has 23 heavy (non-hydrogen) atoms. The molecule has 1 fully saturated rings. The first-order valence-electron chi connectivity index (χ1n) is 8.21. The van der Waals surface area contributed by atoms with Gasteiger partial charge in [0.1, 0.15) is 5.60 Å². The normalized spacial score (nSPS) is 17.9. The zero-order valence-corrected chi connectivity index (χ0v) is 14.9. The van der Waals surface area contributed by atoms with Crippen LogP contribution in [0.5, 0.6) is 0 Å². The molecule has 1 aromatic heterocycles. The maximum Gasteiger partial charge on any atom is 0.410 e. The van der Waals surface area contributed by atoms with Gasteiger partial charge in [-0.3, -0.25) is 4.98 Å². The van der Waals surface area contributed by atoms with Gasteiger partial charge in [0.15, 0.2) is 0 Å². The van der Waals surface area contributed by atoms with Gasteiger partial charge >= 0.3 is 6.09 Å². The van der Waals surface area contributed by atoms with Crippen molar-refractivity contribution in [3.63, 3.8) is 0 Å². The van der Waals surface area contributed by atoms with Crippen molar-refractivity contribution in [2.24, 2.45) is 0 Å².